The molecule has 0 bridgehead atoms. The maximum Gasteiger partial charge on any atom is 0.0165 e. The van der Waals surface area contributed by atoms with E-state index in [2.05, 4.69) is 17.1 Å². The Balaban J connectivity index is 3.46. The van der Waals surface area contributed by atoms with Crippen molar-refractivity contribution in [3.05, 3.63) is 0 Å². The molecule has 0 aliphatic rings. The fourth-order valence-corrected chi connectivity index (χ4v) is 1.79. The predicted molar refractivity (Wildman–Crippen MR) is 74.9 cm³/mol. The zero-order valence-electron chi connectivity index (χ0n) is 11.3. The molecule has 17 heavy (non-hydrogen) atoms. The van der Waals surface area contributed by atoms with Gasteiger partial charge in [-0.1, -0.05) is 19.8 Å². The Morgan fingerprint density at radius 2 is 1.76 bits per heavy atom. The molecule has 0 aliphatic heterocycles. The zero-order valence-corrected chi connectivity index (χ0v) is 11.3. The molecule has 0 aliphatic carbocycles. The van der Waals surface area contributed by atoms with E-state index in [-0.39, 0.29) is 6.04 Å². The molecule has 0 aromatic carbocycles. The van der Waals surface area contributed by atoms with Crippen LogP contribution in [0.4, 0.5) is 0 Å². The van der Waals surface area contributed by atoms with Gasteiger partial charge < -0.3 is 22.5 Å². The van der Waals surface area contributed by atoms with Gasteiger partial charge in [0, 0.05) is 51.9 Å². The third kappa shape index (κ3) is 10.7. The van der Waals surface area contributed by atoms with Gasteiger partial charge in [-0.05, 0) is 6.42 Å². The molecule has 1 atom stereocenters. The highest BCUT2D eigenvalue weighted by molar-refractivity contribution is 4.66. The highest BCUT2D eigenvalue weighted by atomic mass is 15.1. The molecule has 0 fully saturated rings. The van der Waals surface area contributed by atoms with Gasteiger partial charge in [0.25, 0.3) is 0 Å². The van der Waals surface area contributed by atoms with E-state index in [1.807, 2.05) is 0 Å². The fraction of sp³-hybridized carbons (Fsp3) is 1.00. The maximum atomic E-state index is 5.98. The SMILES string of the molecule is CCCCC(N)CNCCN(CCN)CCN. The maximum absolute atomic E-state index is 5.98. The van der Waals surface area contributed by atoms with Crippen LogP contribution < -0.4 is 22.5 Å². The first kappa shape index (κ1) is 16.8. The van der Waals surface area contributed by atoms with Crippen LogP contribution in [0.5, 0.6) is 0 Å². The molecule has 0 radical (unpaired) electrons. The Bertz CT molecular complexity index is 148. The first-order valence-electron chi connectivity index (χ1n) is 6.83. The van der Waals surface area contributed by atoms with E-state index >= 15 is 0 Å². The Labute approximate surface area is 106 Å². The Morgan fingerprint density at radius 3 is 2.29 bits per heavy atom. The van der Waals surface area contributed by atoms with Crippen molar-refractivity contribution in [1.82, 2.24) is 10.2 Å². The summed E-state index contributed by atoms with van der Waals surface area (Å²) in [6.07, 6.45) is 3.54. The van der Waals surface area contributed by atoms with Crippen LogP contribution in [-0.2, 0) is 0 Å². The van der Waals surface area contributed by atoms with E-state index in [0.717, 1.165) is 39.1 Å². The molecular weight excluding hydrogens is 214 g/mol. The molecule has 0 saturated carbocycles. The summed E-state index contributed by atoms with van der Waals surface area (Å²) < 4.78 is 0. The van der Waals surface area contributed by atoms with Gasteiger partial charge in [-0.2, -0.15) is 0 Å². The molecule has 5 nitrogen and oxygen atoms in total. The summed E-state index contributed by atoms with van der Waals surface area (Å²) >= 11 is 0. The number of hydrogen-bond acceptors (Lipinski definition) is 5. The molecule has 0 aromatic heterocycles. The van der Waals surface area contributed by atoms with Gasteiger partial charge in [0.15, 0.2) is 0 Å². The molecule has 5 heteroatoms. The topological polar surface area (TPSA) is 93.3 Å². The van der Waals surface area contributed by atoms with Crippen LogP contribution in [-0.4, -0.2) is 56.8 Å². The van der Waals surface area contributed by atoms with Gasteiger partial charge in [-0.15, -0.1) is 0 Å². The first-order chi connectivity index (χ1) is 8.24. The minimum absolute atomic E-state index is 0.285. The van der Waals surface area contributed by atoms with Crippen LogP contribution in [0.3, 0.4) is 0 Å². The molecule has 0 saturated heterocycles. The van der Waals surface area contributed by atoms with E-state index in [1.54, 1.807) is 0 Å². The number of nitrogens with zero attached hydrogens (tertiary/aromatic N) is 1. The third-order valence-electron chi connectivity index (χ3n) is 2.83. The van der Waals surface area contributed by atoms with Crippen molar-refractivity contribution in [1.29, 1.82) is 0 Å². The van der Waals surface area contributed by atoms with Gasteiger partial charge >= 0.3 is 0 Å². The second kappa shape index (κ2) is 12.3. The average molecular weight is 245 g/mol. The standard InChI is InChI=1S/C12H31N5/c1-2-3-4-12(15)11-16-7-10-17(8-5-13)9-6-14/h12,16H,2-11,13-15H2,1H3. The molecular formula is C12H31N5. The molecule has 104 valence electrons. The summed E-state index contributed by atoms with van der Waals surface area (Å²) in [7, 11) is 0. The van der Waals surface area contributed by atoms with Gasteiger partial charge in [-0.25, -0.2) is 0 Å². The van der Waals surface area contributed by atoms with Crippen LogP contribution >= 0.6 is 0 Å². The lowest BCUT2D eigenvalue weighted by Crippen LogP contribution is -2.41. The van der Waals surface area contributed by atoms with E-state index < -0.39 is 0 Å². The molecule has 1 unspecified atom stereocenters. The largest absolute Gasteiger partial charge is 0.329 e. The van der Waals surface area contributed by atoms with Crippen molar-refractivity contribution in [2.24, 2.45) is 17.2 Å². The second-order valence-corrected chi connectivity index (χ2v) is 4.53. The van der Waals surface area contributed by atoms with Crippen molar-refractivity contribution < 1.29 is 0 Å². The van der Waals surface area contributed by atoms with Crippen LogP contribution in [0, 0.1) is 0 Å². The number of nitrogens with two attached hydrogens (primary N) is 3. The van der Waals surface area contributed by atoms with Crippen LogP contribution in [0.2, 0.25) is 0 Å². The van der Waals surface area contributed by atoms with Crippen molar-refractivity contribution in [2.45, 2.75) is 32.2 Å². The summed E-state index contributed by atoms with van der Waals surface area (Å²) in [5, 5.41) is 3.39. The molecule has 7 N–H and O–H groups in total. The quantitative estimate of drug-likeness (QED) is 0.342. The third-order valence-corrected chi connectivity index (χ3v) is 2.83. The molecule has 0 amide bonds. The van der Waals surface area contributed by atoms with Crippen molar-refractivity contribution in [3.8, 4) is 0 Å². The Kier molecular flexibility index (Phi) is 12.1. The summed E-state index contributed by atoms with van der Waals surface area (Å²) in [5.74, 6) is 0. The van der Waals surface area contributed by atoms with E-state index in [4.69, 9.17) is 17.2 Å². The van der Waals surface area contributed by atoms with Crippen LogP contribution in [0.15, 0.2) is 0 Å². The lowest BCUT2D eigenvalue weighted by molar-refractivity contribution is 0.286. The summed E-state index contributed by atoms with van der Waals surface area (Å²) in [5.41, 5.74) is 17.1. The van der Waals surface area contributed by atoms with Crippen molar-refractivity contribution in [3.63, 3.8) is 0 Å². The highest BCUT2D eigenvalue weighted by Crippen LogP contribution is 1.96. The molecule has 0 rings (SSSR count). The minimum atomic E-state index is 0.285. The normalized spacial score (nSPS) is 13.2. The lowest BCUT2D eigenvalue weighted by atomic mass is 10.1. The lowest BCUT2D eigenvalue weighted by Gasteiger charge is -2.21. The second-order valence-electron chi connectivity index (χ2n) is 4.53. The van der Waals surface area contributed by atoms with Gasteiger partial charge in [0.2, 0.25) is 0 Å². The highest BCUT2D eigenvalue weighted by Gasteiger charge is 2.03. The van der Waals surface area contributed by atoms with Crippen molar-refractivity contribution >= 4 is 0 Å². The van der Waals surface area contributed by atoms with Crippen LogP contribution in [0.1, 0.15) is 26.2 Å². The van der Waals surface area contributed by atoms with Crippen LogP contribution in [0.25, 0.3) is 0 Å². The van der Waals surface area contributed by atoms with Gasteiger partial charge in [0.05, 0.1) is 0 Å². The predicted octanol–water partition coefficient (Wildman–Crippen LogP) is -0.687. The minimum Gasteiger partial charge on any atom is -0.329 e. The molecule has 0 spiro atoms. The summed E-state index contributed by atoms with van der Waals surface area (Å²) in [4.78, 5) is 2.28. The van der Waals surface area contributed by atoms with Crippen molar-refractivity contribution in [2.75, 3.05) is 45.8 Å². The first-order valence-corrected chi connectivity index (χ1v) is 6.83. The zero-order chi connectivity index (χ0) is 12.9. The van der Waals surface area contributed by atoms with E-state index in [1.165, 1.54) is 12.8 Å². The molecule has 0 aromatic rings. The number of nitrogens with one attached hydrogen (secondary N) is 1. The number of rotatable bonds is 12. The Hall–Kier alpha value is -0.200. The monoisotopic (exact) mass is 245 g/mol. The van der Waals surface area contributed by atoms with Gasteiger partial charge in [0.1, 0.15) is 0 Å². The average Bonchev–Trinajstić information content (AvgIpc) is 2.32. The molecule has 0 heterocycles. The number of hydrogen-bond donors (Lipinski definition) is 4. The number of unbranched alkanes of at least 4 members (excludes halogenated alkanes) is 1. The Morgan fingerprint density at radius 1 is 1.12 bits per heavy atom. The smallest absolute Gasteiger partial charge is 0.0165 e. The van der Waals surface area contributed by atoms with E-state index in [9.17, 15) is 0 Å². The summed E-state index contributed by atoms with van der Waals surface area (Å²) in [6, 6.07) is 0.285. The van der Waals surface area contributed by atoms with E-state index in [0.29, 0.717) is 13.1 Å². The summed E-state index contributed by atoms with van der Waals surface area (Å²) in [6.45, 7) is 8.26. The fourth-order valence-electron chi connectivity index (χ4n) is 1.79. The van der Waals surface area contributed by atoms with Gasteiger partial charge in [-0.3, -0.25) is 4.90 Å².